The fourth-order valence-corrected chi connectivity index (χ4v) is 3.71. The fraction of sp³-hybridized carbons (Fsp3) is 0.333. The van der Waals surface area contributed by atoms with Crippen molar-refractivity contribution in [2.24, 2.45) is 0 Å². The van der Waals surface area contributed by atoms with E-state index in [0.29, 0.717) is 0 Å². The highest BCUT2D eigenvalue weighted by atomic mass is 79.9. The van der Waals surface area contributed by atoms with Crippen LogP contribution in [0.2, 0.25) is 5.02 Å². The van der Waals surface area contributed by atoms with E-state index in [4.69, 9.17) is 11.6 Å². The number of hydrogen-bond donors (Lipinski definition) is 1. The molecule has 1 saturated heterocycles. The summed E-state index contributed by atoms with van der Waals surface area (Å²) in [5.74, 6) is 0. The van der Waals surface area contributed by atoms with Crippen LogP contribution in [0.3, 0.4) is 0 Å². The maximum atomic E-state index is 6.24. The molecule has 1 unspecified atom stereocenters. The van der Waals surface area contributed by atoms with E-state index in [1.807, 2.05) is 12.1 Å². The number of halogens is 2. The number of hydrogen-bond acceptors (Lipinski definition) is 2. The van der Waals surface area contributed by atoms with Crippen LogP contribution in [0.5, 0.6) is 0 Å². The van der Waals surface area contributed by atoms with Crippen molar-refractivity contribution in [1.82, 2.24) is 10.2 Å². The molecule has 1 fully saturated rings. The number of nitrogens with zero attached hydrogens (tertiary/aromatic N) is 1. The van der Waals surface area contributed by atoms with Crippen molar-refractivity contribution in [3.8, 4) is 0 Å². The molecule has 1 aliphatic rings. The van der Waals surface area contributed by atoms with Gasteiger partial charge in [0.05, 0.1) is 6.04 Å². The van der Waals surface area contributed by atoms with E-state index in [2.05, 4.69) is 62.5 Å². The third-order valence-corrected chi connectivity index (χ3v) is 4.80. The standard InChI is InChI=1S/C18H20BrClN2/c19-16-6-1-4-14(12-16)18(15-5-2-7-17(20)13-15)22-10-3-8-21-9-11-22/h1-2,4-7,12-13,18,21H,3,8-11H2. The van der Waals surface area contributed by atoms with E-state index >= 15 is 0 Å². The van der Waals surface area contributed by atoms with Crippen LogP contribution in [0.4, 0.5) is 0 Å². The van der Waals surface area contributed by atoms with Gasteiger partial charge in [-0.3, -0.25) is 4.90 Å². The average molecular weight is 380 g/mol. The van der Waals surface area contributed by atoms with Gasteiger partial charge in [0, 0.05) is 29.1 Å². The van der Waals surface area contributed by atoms with E-state index in [0.717, 1.165) is 35.7 Å². The maximum absolute atomic E-state index is 6.24. The van der Waals surface area contributed by atoms with Crippen LogP contribution in [0, 0.1) is 0 Å². The summed E-state index contributed by atoms with van der Waals surface area (Å²) < 4.78 is 1.12. The summed E-state index contributed by atoms with van der Waals surface area (Å²) in [7, 11) is 0. The van der Waals surface area contributed by atoms with Crippen molar-refractivity contribution in [1.29, 1.82) is 0 Å². The third-order valence-electron chi connectivity index (χ3n) is 4.07. The third kappa shape index (κ3) is 3.90. The molecule has 116 valence electrons. The van der Waals surface area contributed by atoms with Crippen LogP contribution in [0.1, 0.15) is 23.6 Å². The van der Waals surface area contributed by atoms with E-state index < -0.39 is 0 Å². The molecular weight excluding hydrogens is 360 g/mol. The van der Waals surface area contributed by atoms with Crippen LogP contribution < -0.4 is 5.32 Å². The van der Waals surface area contributed by atoms with E-state index in [1.54, 1.807) is 0 Å². The van der Waals surface area contributed by atoms with Gasteiger partial charge in [0.2, 0.25) is 0 Å². The highest BCUT2D eigenvalue weighted by Crippen LogP contribution is 2.31. The Balaban J connectivity index is 2.01. The van der Waals surface area contributed by atoms with Crippen LogP contribution in [-0.2, 0) is 0 Å². The zero-order valence-corrected chi connectivity index (χ0v) is 14.8. The molecule has 0 radical (unpaired) electrons. The lowest BCUT2D eigenvalue weighted by Crippen LogP contribution is -2.33. The highest BCUT2D eigenvalue weighted by molar-refractivity contribution is 9.10. The summed E-state index contributed by atoms with van der Waals surface area (Å²) >= 11 is 9.84. The molecule has 2 nitrogen and oxygen atoms in total. The van der Waals surface area contributed by atoms with Crippen molar-refractivity contribution in [2.75, 3.05) is 26.2 Å². The molecular formula is C18H20BrClN2. The summed E-state index contributed by atoms with van der Waals surface area (Å²) in [4.78, 5) is 2.55. The normalized spacial score (nSPS) is 17.9. The predicted molar refractivity (Wildman–Crippen MR) is 96.5 cm³/mol. The molecule has 0 spiro atoms. The van der Waals surface area contributed by atoms with E-state index in [9.17, 15) is 0 Å². The second-order valence-electron chi connectivity index (χ2n) is 5.65. The molecule has 0 aromatic heterocycles. The summed E-state index contributed by atoms with van der Waals surface area (Å²) in [6.45, 7) is 4.27. The summed E-state index contributed by atoms with van der Waals surface area (Å²) in [6.07, 6.45) is 1.17. The molecule has 0 saturated carbocycles. The Labute approximate surface area is 145 Å². The van der Waals surface area contributed by atoms with Gasteiger partial charge in [-0.15, -0.1) is 0 Å². The molecule has 1 N–H and O–H groups in total. The zero-order valence-electron chi connectivity index (χ0n) is 12.4. The van der Waals surface area contributed by atoms with Crippen LogP contribution >= 0.6 is 27.5 Å². The van der Waals surface area contributed by atoms with Crippen molar-refractivity contribution in [3.05, 3.63) is 69.2 Å². The van der Waals surface area contributed by atoms with Gasteiger partial charge in [-0.05, 0) is 48.4 Å². The lowest BCUT2D eigenvalue weighted by atomic mass is 9.97. The smallest absolute Gasteiger partial charge is 0.0603 e. The molecule has 0 aliphatic carbocycles. The Morgan fingerprint density at radius 2 is 1.77 bits per heavy atom. The highest BCUT2D eigenvalue weighted by Gasteiger charge is 2.23. The SMILES string of the molecule is Clc1cccc(C(c2cccc(Br)c2)N2CCCNCC2)c1. The van der Waals surface area contributed by atoms with Gasteiger partial charge in [0.15, 0.2) is 0 Å². The summed E-state index contributed by atoms with van der Waals surface area (Å²) in [6, 6.07) is 17.1. The van der Waals surface area contributed by atoms with Gasteiger partial charge in [0.25, 0.3) is 0 Å². The van der Waals surface area contributed by atoms with Crippen LogP contribution in [0.25, 0.3) is 0 Å². The first kappa shape index (κ1) is 16.0. The van der Waals surface area contributed by atoms with Gasteiger partial charge in [-0.25, -0.2) is 0 Å². The lowest BCUT2D eigenvalue weighted by Gasteiger charge is -2.31. The van der Waals surface area contributed by atoms with Crippen molar-refractivity contribution < 1.29 is 0 Å². The van der Waals surface area contributed by atoms with Crippen LogP contribution in [-0.4, -0.2) is 31.1 Å². The molecule has 0 amide bonds. The first-order chi connectivity index (χ1) is 10.7. The van der Waals surface area contributed by atoms with Crippen LogP contribution in [0.15, 0.2) is 53.0 Å². The Kier molecular flexibility index (Phi) is 5.53. The number of nitrogens with one attached hydrogen (secondary N) is 1. The first-order valence-corrected chi connectivity index (χ1v) is 8.87. The monoisotopic (exact) mass is 378 g/mol. The quantitative estimate of drug-likeness (QED) is 0.845. The van der Waals surface area contributed by atoms with Gasteiger partial charge in [0.1, 0.15) is 0 Å². The molecule has 4 heteroatoms. The molecule has 1 aliphatic heterocycles. The largest absolute Gasteiger partial charge is 0.315 e. The van der Waals surface area contributed by atoms with E-state index in [-0.39, 0.29) is 6.04 Å². The minimum absolute atomic E-state index is 0.246. The molecule has 2 aromatic carbocycles. The molecule has 2 aromatic rings. The Morgan fingerprint density at radius 1 is 1.00 bits per heavy atom. The summed E-state index contributed by atoms with van der Waals surface area (Å²) in [5.41, 5.74) is 2.56. The topological polar surface area (TPSA) is 15.3 Å². The minimum Gasteiger partial charge on any atom is -0.315 e. The minimum atomic E-state index is 0.246. The Hall–Kier alpha value is -0.870. The first-order valence-electron chi connectivity index (χ1n) is 7.70. The van der Waals surface area contributed by atoms with Gasteiger partial charge in [-0.2, -0.15) is 0 Å². The van der Waals surface area contributed by atoms with Gasteiger partial charge >= 0.3 is 0 Å². The fourth-order valence-electron chi connectivity index (χ4n) is 3.09. The number of benzene rings is 2. The molecule has 0 bridgehead atoms. The molecule has 1 heterocycles. The number of rotatable bonds is 3. The predicted octanol–water partition coefficient (Wildman–Crippen LogP) is 4.49. The average Bonchev–Trinajstić information content (AvgIpc) is 2.77. The molecule has 22 heavy (non-hydrogen) atoms. The Bertz CT molecular complexity index is 578. The van der Waals surface area contributed by atoms with E-state index in [1.165, 1.54) is 17.5 Å². The van der Waals surface area contributed by atoms with Crippen molar-refractivity contribution >= 4 is 27.5 Å². The van der Waals surface area contributed by atoms with Gasteiger partial charge < -0.3 is 5.32 Å². The Morgan fingerprint density at radius 3 is 2.55 bits per heavy atom. The lowest BCUT2D eigenvalue weighted by molar-refractivity contribution is 0.241. The zero-order chi connectivity index (χ0) is 15.4. The molecule has 3 rings (SSSR count). The van der Waals surface area contributed by atoms with Crippen molar-refractivity contribution in [2.45, 2.75) is 12.5 Å². The summed E-state index contributed by atoms with van der Waals surface area (Å²) in [5, 5.41) is 4.28. The molecule has 1 atom stereocenters. The maximum Gasteiger partial charge on any atom is 0.0603 e. The second-order valence-corrected chi connectivity index (χ2v) is 7.00. The second kappa shape index (κ2) is 7.60. The van der Waals surface area contributed by atoms with Gasteiger partial charge in [-0.1, -0.05) is 51.8 Å². The van der Waals surface area contributed by atoms with Crippen molar-refractivity contribution in [3.63, 3.8) is 0 Å².